The van der Waals surface area contributed by atoms with Crippen molar-refractivity contribution in [3.8, 4) is 0 Å². The predicted molar refractivity (Wildman–Crippen MR) is 65.1 cm³/mol. The van der Waals surface area contributed by atoms with Gasteiger partial charge in [-0.15, -0.1) is 21.5 Å². The predicted octanol–water partition coefficient (Wildman–Crippen LogP) is 2.63. The highest BCUT2D eigenvalue weighted by Gasteiger charge is 2.14. The van der Waals surface area contributed by atoms with E-state index >= 15 is 0 Å². The van der Waals surface area contributed by atoms with Gasteiger partial charge in [-0.25, -0.2) is 0 Å². The van der Waals surface area contributed by atoms with E-state index in [4.69, 9.17) is 0 Å². The zero-order chi connectivity index (χ0) is 11.3. The van der Waals surface area contributed by atoms with Crippen LogP contribution in [0.1, 0.15) is 44.1 Å². The average molecular weight is 227 g/mol. The van der Waals surface area contributed by atoms with Crippen molar-refractivity contribution in [2.75, 3.05) is 6.54 Å². The van der Waals surface area contributed by atoms with Gasteiger partial charge >= 0.3 is 0 Å². The minimum atomic E-state index is 0.299. The SMILES string of the molecule is CCCNCc1nnc(CC(C)(C)C)s1. The maximum Gasteiger partial charge on any atom is 0.131 e. The summed E-state index contributed by atoms with van der Waals surface area (Å²) < 4.78 is 0. The largest absolute Gasteiger partial charge is 0.310 e. The summed E-state index contributed by atoms with van der Waals surface area (Å²) in [5.41, 5.74) is 0.299. The van der Waals surface area contributed by atoms with Crippen molar-refractivity contribution in [3.05, 3.63) is 10.0 Å². The van der Waals surface area contributed by atoms with Crippen molar-refractivity contribution in [2.24, 2.45) is 5.41 Å². The molecule has 0 bridgehead atoms. The fourth-order valence-corrected chi connectivity index (χ4v) is 2.37. The molecule has 3 nitrogen and oxygen atoms in total. The van der Waals surface area contributed by atoms with Crippen LogP contribution in [-0.4, -0.2) is 16.7 Å². The van der Waals surface area contributed by atoms with Crippen molar-refractivity contribution >= 4 is 11.3 Å². The molecule has 0 amide bonds. The third-order valence-corrected chi connectivity index (χ3v) is 2.82. The first-order valence-electron chi connectivity index (χ1n) is 5.53. The number of hydrogen-bond donors (Lipinski definition) is 1. The van der Waals surface area contributed by atoms with Crippen LogP contribution in [0.25, 0.3) is 0 Å². The van der Waals surface area contributed by atoms with E-state index in [0.29, 0.717) is 5.41 Å². The Bertz CT molecular complexity index is 288. The second kappa shape index (κ2) is 5.56. The molecule has 0 unspecified atom stereocenters. The number of hydrogen-bond acceptors (Lipinski definition) is 4. The molecule has 0 aliphatic heterocycles. The van der Waals surface area contributed by atoms with Gasteiger partial charge in [0.2, 0.25) is 0 Å². The summed E-state index contributed by atoms with van der Waals surface area (Å²) in [4.78, 5) is 0. The third kappa shape index (κ3) is 5.23. The van der Waals surface area contributed by atoms with Crippen LogP contribution >= 0.6 is 11.3 Å². The van der Waals surface area contributed by atoms with Gasteiger partial charge in [0.05, 0.1) is 0 Å². The number of nitrogens with zero attached hydrogens (tertiary/aromatic N) is 2. The molecule has 0 aromatic carbocycles. The highest BCUT2D eigenvalue weighted by atomic mass is 32.1. The van der Waals surface area contributed by atoms with Crippen molar-refractivity contribution < 1.29 is 0 Å². The molecule has 1 aromatic heterocycles. The van der Waals surface area contributed by atoms with Gasteiger partial charge in [0.15, 0.2) is 0 Å². The first-order valence-corrected chi connectivity index (χ1v) is 6.35. The molecule has 1 aromatic rings. The topological polar surface area (TPSA) is 37.8 Å². The highest BCUT2D eigenvalue weighted by molar-refractivity contribution is 7.11. The van der Waals surface area contributed by atoms with E-state index in [1.807, 2.05) is 0 Å². The summed E-state index contributed by atoms with van der Waals surface area (Å²) >= 11 is 1.73. The van der Waals surface area contributed by atoms with E-state index in [-0.39, 0.29) is 0 Å². The zero-order valence-corrected chi connectivity index (χ0v) is 10.9. The Morgan fingerprint density at radius 3 is 2.47 bits per heavy atom. The lowest BCUT2D eigenvalue weighted by atomic mass is 9.93. The monoisotopic (exact) mass is 227 g/mol. The lowest BCUT2D eigenvalue weighted by Gasteiger charge is -2.14. The minimum Gasteiger partial charge on any atom is -0.310 e. The van der Waals surface area contributed by atoms with Crippen molar-refractivity contribution in [2.45, 2.75) is 47.1 Å². The van der Waals surface area contributed by atoms with Gasteiger partial charge in [-0.2, -0.15) is 0 Å². The molecule has 0 aliphatic carbocycles. The molecule has 1 rings (SSSR count). The first-order chi connectivity index (χ1) is 7.01. The van der Waals surface area contributed by atoms with E-state index in [9.17, 15) is 0 Å². The van der Waals surface area contributed by atoms with Crippen LogP contribution in [-0.2, 0) is 13.0 Å². The second-order valence-corrected chi connectivity index (χ2v) is 6.15. The van der Waals surface area contributed by atoms with E-state index in [0.717, 1.165) is 35.9 Å². The summed E-state index contributed by atoms with van der Waals surface area (Å²) in [6.45, 7) is 10.7. The molecule has 0 radical (unpaired) electrons. The van der Waals surface area contributed by atoms with Crippen LogP contribution in [0.15, 0.2) is 0 Å². The molecule has 1 N–H and O–H groups in total. The summed E-state index contributed by atoms with van der Waals surface area (Å²) in [5, 5.41) is 14.0. The van der Waals surface area contributed by atoms with Crippen molar-refractivity contribution in [1.82, 2.24) is 15.5 Å². The molecule has 1 heterocycles. The maximum atomic E-state index is 4.21. The van der Waals surface area contributed by atoms with Crippen LogP contribution in [0, 0.1) is 5.41 Å². The Kier molecular flexibility index (Phi) is 4.67. The van der Waals surface area contributed by atoms with Crippen LogP contribution in [0.4, 0.5) is 0 Å². The molecule has 15 heavy (non-hydrogen) atoms. The molecule has 4 heteroatoms. The fraction of sp³-hybridized carbons (Fsp3) is 0.818. The normalized spacial score (nSPS) is 12.0. The van der Waals surface area contributed by atoms with Gasteiger partial charge in [0.25, 0.3) is 0 Å². The molecule has 0 fully saturated rings. The van der Waals surface area contributed by atoms with Gasteiger partial charge in [-0.3, -0.25) is 0 Å². The fourth-order valence-electron chi connectivity index (χ4n) is 1.26. The van der Waals surface area contributed by atoms with Crippen LogP contribution in [0.5, 0.6) is 0 Å². The summed E-state index contributed by atoms with van der Waals surface area (Å²) in [6.07, 6.45) is 2.17. The smallest absolute Gasteiger partial charge is 0.131 e. The average Bonchev–Trinajstić information content (AvgIpc) is 2.50. The zero-order valence-electron chi connectivity index (χ0n) is 10.1. The molecule has 0 saturated carbocycles. The molecular formula is C11H21N3S. The van der Waals surface area contributed by atoms with Crippen LogP contribution < -0.4 is 5.32 Å². The first kappa shape index (κ1) is 12.6. The Hall–Kier alpha value is -0.480. The van der Waals surface area contributed by atoms with Crippen molar-refractivity contribution in [3.63, 3.8) is 0 Å². The number of rotatable bonds is 5. The van der Waals surface area contributed by atoms with Gasteiger partial charge in [-0.05, 0) is 18.4 Å². The quantitative estimate of drug-likeness (QED) is 0.786. The van der Waals surface area contributed by atoms with Gasteiger partial charge in [0, 0.05) is 13.0 Å². The maximum absolute atomic E-state index is 4.21. The van der Waals surface area contributed by atoms with E-state index in [1.54, 1.807) is 11.3 Å². The van der Waals surface area contributed by atoms with E-state index in [2.05, 4.69) is 43.2 Å². The molecule has 0 spiro atoms. The summed E-state index contributed by atoms with van der Waals surface area (Å²) in [7, 11) is 0. The highest BCUT2D eigenvalue weighted by Crippen LogP contribution is 2.22. The van der Waals surface area contributed by atoms with Crippen LogP contribution in [0.3, 0.4) is 0 Å². The third-order valence-electron chi connectivity index (χ3n) is 1.89. The van der Waals surface area contributed by atoms with Crippen molar-refractivity contribution in [1.29, 1.82) is 0 Å². The Morgan fingerprint density at radius 2 is 1.87 bits per heavy atom. The molecule has 0 atom stereocenters. The molecule has 0 saturated heterocycles. The summed E-state index contributed by atoms with van der Waals surface area (Å²) in [5.74, 6) is 0. The van der Waals surface area contributed by atoms with Gasteiger partial charge in [0.1, 0.15) is 10.0 Å². The number of aromatic nitrogens is 2. The summed E-state index contributed by atoms with van der Waals surface area (Å²) in [6, 6.07) is 0. The van der Waals surface area contributed by atoms with Gasteiger partial charge < -0.3 is 5.32 Å². The number of nitrogens with one attached hydrogen (secondary N) is 1. The molecular weight excluding hydrogens is 206 g/mol. The van der Waals surface area contributed by atoms with E-state index in [1.165, 1.54) is 0 Å². The standard InChI is InChI=1S/C11H21N3S/c1-5-6-12-8-10-14-13-9(15-10)7-11(2,3)4/h12H,5-8H2,1-4H3. The van der Waals surface area contributed by atoms with Gasteiger partial charge in [-0.1, -0.05) is 27.7 Å². The second-order valence-electron chi connectivity index (χ2n) is 5.00. The Labute approximate surface area is 96.3 Å². The lowest BCUT2D eigenvalue weighted by Crippen LogP contribution is -2.13. The Morgan fingerprint density at radius 1 is 1.20 bits per heavy atom. The lowest BCUT2D eigenvalue weighted by molar-refractivity contribution is 0.409. The Balaban J connectivity index is 2.42. The van der Waals surface area contributed by atoms with E-state index < -0.39 is 0 Å². The van der Waals surface area contributed by atoms with Crippen LogP contribution in [0.2, 0.25) is 0 Å². The minimum absolute atomic E-state index is 0.299. The molecule has 0 aliphatic rings. The molecule has 86 valence electrons.